The van der Waals surface area contributed by atoms with Crippen LogP contribution in [0.15, 0.2) is 65.7 Å². The normalized spacial score (nSPS) is 21.0. The van der Waals surface area contributed by atoms with Crippen LogP contribution in [0.1, 0.15) is 42.7 Å². The minimum atomic E-state index is 0.536. The first-order valence-electron chi connectivity index (χ1n) is 7.55. The molecular weight excluding hydrogens is 242 g/mol. The van der Waals surface area contributed by atoms with E-state index in [1.54, 1.807) is 0 Å². The number of hydrogen-bond acceptors (Lipinski definition) is 1. The molecule has 0 heterocycles. The molecule has 1 aliphatic carbocycles. The Bertz CT molecular complexity index is 557. The van der Waals surface area contributed by atoms with E-state index < -0.39 is 0 Å². The summed E-state index contributed by atoms with van der Waals surface area (Å²) in [5.41, 5.74) is 4.13. The van der Waals surface area contributed by atoms with Gasteiger partial charge in [-0.05, 0) is 30.4 Å². The molecule has 0 aromatic heterocycles. The monoisotopic (exact) mass is 263 g/mol. The van der Waals surface area contributed by atoms with Crippen molar-refractivity contribution in [2.75, 3.05) is 0 Å². The number of benzene rings is 2. The van der Waals surface area contributed by atoms with Crippen LogP contribution < -0.4 is 0 Å². The van der Waals surface area contributed by atoms with Crippen LogP contribution in [0.4, 0.5) is 0 Å². The number of hydrogen-bond donors (Lipinski definition) is 0. The summed E-state index contributed by atoms with van der Waals surface area (Å²) in [7, 11) is 0. The van der Waals surface area contributed by atoms with E-state index in [9.17, 15) is 0 Å². The van der Waals surface area contributed by atoms with Crippen LogP contribution >= 0.6 is 0 Å². The zero-order valence-corrected chi connectivity index (χ0v) is 11.8. The average molecular weight is 263 g/mol. The highest BCUT2D eigenvalue weighted by Gasteiger charge is 2.21. The van der Waals surface area contributed by atoms with Crippen molar-refractivity contribution in [1.29, 1.82) is 0 Å². The van der Waals surface area contributed by atoms with E-state index in [0.29, 0.717) is 5.92 Å². The number of aliphatic imine (C=N–C) groups is 1. The van der Waals surface area contributed by atoms with E-state index in [1.165, 1.54) is 36.1 Å². The molecule has 0 spiro atoms. The van der Waals surface area contributed by atoms with Gasteiger partial charge < -0.3 is 0 Å². The molecule has 0 saturated heterocycles. The van der Waals surface area contributed by atoms with Gasteiger partial charge in [-0.1, -0.05) is 67.1 Å². The summed E-state index contributed by atoms with van der Waals surface area (Å²) < 4.78 is 0. The molecule has 20 heavy (non-hydrogen) atoms. The highest BCUT2D eigenvalue weighted by molar-refractivity contribution is 5.91. The molecule has 1 saturated carbocycles. The molecule has 102 valence electrons. The summed E-state index contributed by atoms with van der Waals surface area (Å²) in [5.74, 6) is 0.536. The largest absolute Gasteiger partial charge is 0.289 e. The Balaban J connectivity index is 1.79. The van der Waals surface area contributed by atoms with Gasteiger partial charge in [-0.15, -0.1) is 0 Å². The lowest BCUT2D eigenvalue weighted by molar-refractivity contribution is 0.609. The van der Waals surface area contributed by atoms with E-state index in [0.717, 1.165) is 13.0 Å². The average Bonchev–Trinajstić information content (AvgIpc) is 2.55. The summed E-state index contributed by atoms with van der Waals surface area (Å²) in [6.45, 7) is 0.819. The van der Waals surface area contributed by atoms with E-state index in [4.69, 9.17) is 4.99 Å². The van der Waals surface area contributed by atoms with Gasteiger partial charge in [-0.2, -0.15) is 0 Å². The van der Waals surface area contributed by atoms with Gasteiger partial charge in [-0.3, -0.25) is 4.99 Å². The first-order valence-corrected chi connectivity index (χ1v) is 7.55. The number of nitrogens with zero attached hydrogens (tertiary/aromatic N) is 1. The number of rotatable bonds is 3. The van der Waals surface area contributed by atoms with E-state index in [2.05, 4.69) is 60.7 Å². The fourth-order valence-electron chi connectivity index (χ4n) is 3.01. The second kappa shape index (κ2) is 6.51. The highest BCUT2D eigenvalue weighted by atomic mass is 14.7. The van der Waals surface area contributed by atoms with Gasteiger partial charge in [0, 0.05) is 11.6 Å². The molecule has 3 rings (SSSR count). The van der Waals surface area contributed by atoms with Crippen LogP contribution in [0.25, 0.3) is 0 Å². The summed E-state index contributed by atoms with van der Waals surface area (Å²) in [5, 5.41) is 0. The SMILES string of the molecule is c1ccc(CN=C2CCCC[C@@H]2c2ccccc2)cc1. The molecule has 0 bridgehead atoms. The molecule has 1 aliphatic rings. The predicted molar refractivity (Wildman–Crippen MR) is 85.2 cm³/mol. The summed E-state index contributed by atoms with van der Waals surface area (Å²) >= 11 is 0. The molecule has 0 aliphatic heterocycles. The van der Waals surface area contributed by atoms with Crippen LogP contribution in [-0.2, 0) is 6.54 Å². The first-order chi connectivity index (χ1) is 9.93. The third-order valence-electron chi connectivity index (χ3n) is 4.09. The smallest absolute Gasteiger partial charge is 0.0639 e. The Kier molecular flexibility index (Phi) is 4.27. The van der Waals surface area contributed by atoms with Crippen LogP contribution in [0.2, 0.25) is 0 Å². The van der Waals surface area contributed by atoms with Crippen molar-refractivity contribution in [2.45, 2.75) is 38.1 Å². The Morgan fingerprint density at radius 2 is 1.55 bits per heavy atom. The molecule has 1 nitrogen and oxygen atoms in total. The van der Waals surface area contributed by atoms with Crippen molar-refractivity contribution >= 4 is 5.71 Å². The molecule has 0 amide bonds. The lowest BCUT2D eigenvalue weighted by atomic mass is 9.82. The Labute approximate surface area is 121 Å². The van der Waals surface area contributed by atoms with Gasteiger partial charge in [-0.25, -0.2) is 0 Å². The molecular formula is C19H21N. The molecule has 1 atom stereocenters. The molecule has 1 heteroatoms. The van der Waals surface area contributed by atoms with Crippen molar-refractivity contribution in [3.63, 3.8) is 0 Å². The molecule has 2 aromatic rings. The Morgan fingerprint density at radius 3 is 2.30 bits per heavy atom. The third kappa shape index (κ3) is 3.16. The molecule has 0 N–H and O–H groups in total. The second-order valence-corrected chi connectivity index (χ2v) is 5.50. The molecule has 1 fully saturated rings. The van der Waals surface area contributed by atoms with Crippen LogP contribution in [-0.4, -0.2) is 5.71 Å². The van der Waals surface area contributed by atoms with Crippen molar-refractivity contribution in [3.05, 3.63) is 71.8 Å². The predicted octanol–water partition coefficient (Wildman–Crippen LogP) is 4.99. The van der Waals surface area contributed by atoms with E-state index >= 15 is 0 Å². The standard InChI is InChI=1S/C19H21N/c1-3-9-16(10-4-1)15-20-19-14-8-7-13-18(19)17-11-5-2-6-12-17/h1-6,9-12,18H,7-8,13-15H2/t18-/m1/s1. The summed E-state index contributed by atoms with van der Waals surface area (Å²) in [6, 6.07) is 21.4. The first kappa shape index (κ1) is 13.1. The minimum Gasteiger partial charge on any atom is -0.289 e. The van der Waals surface area contributed by atoms with Gasteiger partial charge in [0.1, 0.15) is 0 Å². The molecule has 0 unspecified atom stereocenters. The fourth-order valence-corrected chi connectivity index (χ4v) is 3.01. The van der Waals surface area contributed by atoms with Gasteiger partial charge in [0.15, 0.2) is 0 Å². The topological polar surface area (TPSA) is 12.4 Å². The van der Waals surface area contributed by atoms with Crippen molar-refractivity contribution < 1.29 is 0 Å². The van der Waals surface area contributed by atoms with Gasteiger partial charge in [0.05, 0.1) is 6.54 Å². The lowest BCUT2D eigenvalue weighted by Gasteiger charge is -2.24. The molecule has 2 aromatic carbocycles. The summed E-state index contributed by atoms with van der Waals surface area (Å²) in [6.07, 6.45) is 5.02. The van der Waals surface area contributed by atoms with Crippen LogP contribution in [0.3, 0.4) is 0 Å². The quantitative estimate of drug-likeness (QED) is 0.740. The maximum absolute atomic E-state index is 4.93. The van der Waals surface area contributed by atoms with Crippen molar-refractivity contribution in [3.8, 4) is 0 Å². The maximum Gasteiger partial charge on any atom is 0.0639 e. The van der Waals surface area contributed by atoms with Gasteiger partial charge >= 0.3 is 0 Å². The van der Waals surface area contributed by atoms with Gasteiger partial charge in [0.2, 0.25) is 0 Å². The fraction of sp³-hybridized carbons (Fsp3) is 0.316. The third-order valence-corrected chi connectivity index (χ3v) is 4.09. The Morgan fingerprint density at radius 1 is 0.850 bits per heavy atom. The van der Waals surface area contributed by atoms with E-state index in [-0.39, 0.29) is 0 Å². The van der Waals surface area contributed by atoms with Gasteiger partial charge in [0.25, 0.3) is 0 Å². The van der Waals surface area contributed by atoms with E-state index in [1.807, 2.05) is 0 Å². The summed E-state index contributed by atoms with van der Waals surface area (Å²) in [4.78, 5) is 4.93. The van der Waals surface area contributed by atoms with Crippen molar-refractivity contribution in [2.24, 2.45) is 4.99 Å². The van der Waals surface area contributed by atoms with Crippen LogP contribution in [0.5, 0.6) is 0 Å². The van der Waals surface area contributed by atoms with Crippen LogP contribution in [0, 0.1) is 0 Å². The maximum atomic E-state index is 4.93. The second-order valence-electron chi connectivity index (χ2n) is 5.50. The van der Waals surface area contributed by atoms with Crippen molar-refractivity contribution in [1.82, 2.24) is 0 Å². The lowest BCUT2D eigenvalue weighted by Crippen LogP contribution is -2.17. The Hall–Kier alpha value is -1.89. The zero-order valence-electron chi connectivity index (χ0n) is 11.8. The zero-order chi connectivity index (χ0) is 13.6. The highest BCUT2D eigenvalue weighted by Crippen LogP contribution is 2.31. The minimum absolute atomic E-state index is 0.536. The molecule has 0 radical (unpaired) electrons.